The third kappa shape index (κ3) is 5.04. The van der Waals surface area contributed by atoms with E-state index in [1.165, 1.54) is 6.92 Å². The molecule has 4 heteroatoms. The Labute approximate surface area is 136 Å². The van der Waals surface area contributed by atoms with Crippen LogP contribution in [0.25, 0.3) is 0 Å². The average Bonchev–Trinajstić information content (AvgIpc) is 2.53. The van der Waals surface area contributed by atoms with E-state index in [1.54, 1.807) is 36.4 Å². The Morgan fingerprint density at radius 3 is 2.35 bits per heavy atom. The van der Waals surface area contributed by atoms with Crippen molar-refractivity contribution in [1.29, 1.82) is 0 Å². The third-order valence-corrected chi connectivity index (χ3v) is 3.33. The summed E-state index contributed by atoms with van der Waals surface area (Å²) in [5.41, 5.74) is 2.76. The van der Waals surface area contributed by atoms with Gasteiger partial charge < -0.3 is 10.1 Å². The lowest BCUT2D eigenvalue weighted by Crippen LogP contribution is -2.12. The number of nitrogens with one attached hydrogen (secondary N) is 1. The molecule has 0 radical (unpaired) electrons. The van der Waals surface area contributed by atoms with Gasteiger partial charge in [0.25, 0.3) is 5.91 Å². The fraction of sp³-hybridized carbons (Fsp3) is 0.263. The molecule has 0 saturated carbocycles. The van der Waals surface area contributed by atoms with Gasteiger partial charge in [-0.15, -0.1) is 0 Å². The summed E-state index contributed by atoms with van der Waals surface area (Å²) in [5.74, 6) is -0.238. The van der Waals surface area contributed by atoms with Crippen LogP contribution in [0.5, 0.6) is 0 Å². The fourth-order valence-corrected chi connectivity index (χ4v) is 2.03. The molecule has 23 heavy (non-hydrogen) atoms. The number of ketones is 1. The Bertz CT molecular complexity index is 690. The van der Waals surface area contributed by atoms with Gasteiger partial charge in [0.2, 0.25) is 0 Å². The van der Waals surface area contributed by atoms with E-state index < -0.39 is 0 Å². The number of Topliss-reactive ketones (excluding diaryl/α,β-unsaturated/α-hetero) is 1. The molecule has 120 valence electrons. The van der Waals surface area contributed by atoms with Gasteiger partial charge in [0, 0.05) is 16.8 Å². The molecule has 0 atom stereocenters. The number of carbonyl (C=O) groups excluding carboxylic acids is 2. The van der Waals surface area contributed by atoms with Crippen molar-refractivity contribution in [2.24, 2.45) is 0 Å². The molecule has 0 saturated heterocycles. The second-order valence-electron chi connectivity index (χ2n) is 5.65. The second-order valence-corrected chi connectivity index (χ2v) is 5.65. The van der Waals surface area contributed by atoms with Crippen molar-refractivity contribution in [3.05, 3.63) is 65.2 Å². The molecule has 2 aromatic carbocycles. The van der Waals surface area contributed by atoms with Gasteiger partial charge >= 0.3 is 0 Å². The molecule has 0 unspecified atom stereocenters. The Balaban J connectivity index is 2.03. The first-order valence-corrected chi connectivity index (χ1v) is 7.58. The number of anilines is 1. The highest BCUT2D eigenvalue weighted by Gasteiger charge is 2.08. The number of carbonyl (C=O) groups is 2. The predicted molar refractivity (Wildman–Crippen MR) is 90.8 cm³/mol. The predicted octanol–water partition coefficient (Wildman–Crippen LogP) is 4.07. The van der Waals surface area contributed by atoms with E-state index in [0.29, 0.717) is 23.4 Å². The summed E-state index contributed by atoms with van der Waals surface area (Å²) in [6.07, 6.45) is 0.173. The maximum Gasteiger partial charge on any atom is 0.255 e. The number of hydrogen-bond donors (Lipinski definition) is 1. The molecule has 0 fully saturated rings. The number of hydrogen-bond acceptors (Lipinski definition) is 3. The summed E-state index contributed by atoms with van der Waals surface area (Å²) in [4.78, 5) is 23.6. The molecule has 0 heterocycles. The molecule has 0 aliphatic carbocycles. The van der Waals surface area contributed by atoms with Crippen molar-refractivity contribution in [3.63, 3.8) is 0 Å². The van der Waals surface area contributed by atoms with Gasteiger partial charge in [0.15, 0.2) is 5.78 Å². The van der Waals surface area contributed by atoms with Crippen molar-refractivity contribution in [2.45, 2.75) is 33.5 Å². The van der Waals surface area contributed by atoms with Gasteiger partial charge in [-0.05, 0) is 50.6 Å². The zero-order valence-corrected chi connectivity index (χ0v) is 13.6. The summed E-state index contributed by atoms with van der Waals surface area (Å²) in [6, 6.07) is 14.2. The molecule has 0 spiro atoms. The highest BCUT2D eigenvalue weighted by atomic mass is 16.5. The van der Waals surface area contributed by atoms with Crippen LogP contribution in [0.4, 0.5) is 5.69 Å². The highest BCUT2D eigenvalue weighted by molar-refractivity contribution is 6.05. The van der Waals surface area contributed by atoms with Gasteiger partial charge in [-0.25, -0.2) is 0 Å². The Morgan fingerprint density at radius 2 is 1.74 bits per heavy atom. The minimum Gasteiger partial charge on any atom is -0.374 e. The molecule has 0 aromatic heterocycles. The minimum atomic E-state index is -0.206. The van der Waals surface area contributed by atoms with E-state index >= 15 is 0 Å². The number of rotatable bonds is 6. The smallest absolute Gasteiger partial charge is 0.255 e. The average molecular weight is 311 g/mol. The fourth-order valence-electron chi connectivity index (χ4n) is 2.03. The first kappa shape index (κ1) is 16.9. The van der Waals surface area contributed by atoms with Gasteiger partial charge in [0.1, 0.15) is 0 Å². The van der Waals surface area contributed by atoms with Crippen LogP contribution in [0.15, 0.2) is 48.5 Å². The topological polar surface area (TPSA) is 55.4 Å². The molecule has 2 rings (SSSR count). The minimum absolute atomic E-state index is 0.0318. The molecular formula is C19H21NO3. The van der Waals surface area contributed by atoms with Crippen LogP contribution < -0.4 is 5.32 Å². The number of ether oxygens (including phenoxy) is 1. The molecular weight excluding hydrogens is 290 g/mol. The summed E-state index contributed by atoms with van der Waals surface area (Å²) in [6.45, 7) is 5.99. The first-order chi connectivity index (χ1) is 11.0. The van der Waals surface area contributed by atoms with Gasteiger partial charge in [0.05, 0.1) is 12.7 Å². The van der Waals surface area contributed by atoms with Gasteiger partial charge in [-0.2, -0.15) is 0 Å². The third-order valence-electron chi connectivity index (χ3n) is 3.33. The van der Waals surface area contributed by atoms with E-state index in [0.717, 1.165) is 5.56 Å². The molecule has 1 N–H and O–H groups in total. The van der Waals surface area contributed by atoms with Crippen LogP contribution in [-0.2, 0) is 11.3 Å². The van der Waals surface area contributed by atoms with Crippen LogP contribution in [0.2, 0.25) is 0 Å². The Morgan fingerprint density at radius 1 is 1.04 bits per heavy atom. The van der Waals surface area contributed by atoms with E-state index in [9.17, 15) is 9.59 Å². The maximum atomic E-state index is 12.2. The monoisotopic (exact) mass is 311 g/mol. The van der Waals surface area contributed by atoms with Crippen LogP contribution in [0, 0.1) is 0 Å². The summed E-state index contributed by atoms with van der Waals surface area (Å²) >= 11 is 0. The summed E-state index contributed by atoms with van der Waals surface area (Å²) < 4.78 is 5.53. The Hall–Kier alpha value is -2.46. The largest absolute Gasteiger partial charge is 0.374 e. The quantitative estimate of drug-likeness (QED) is 0.818. The maximum absolute atomic E-state index is 12.2. The molecule has 2 aromatic rings. The first-order valence-electron chi connectivity index (χ1n) is 7.58. The summed E-state index contributed by atoms with van der Waals surface area (Å²) in [7, 11) is 0. The van der Waals surface area contributed by atoms with Crippen LogP contribution >= 0.6 is 0 Å². The van der Waals surface area contributed by atoms with Crippen molar-refractivity contribution in [3.8, 4) is 0 Å². The van der Waals surface area contributed by atoms with Gasteiger partial charge in [-0.3, -0.25) is 9.59 Å². The van der Waals surface area contributed by atoms with Crippen molar-refractivity contribution in [1.82, 2.24) is 0 Å². The van der Waals surface area contributed by atoms with Crippen LogP contribution in [0.3, 0.4) is 0 Å². The second kappa shape index (κ2) is 7.70. The zero-order chi connectivity index (χ0) is 16.8. The number of amides is 1. The molecule has 0 aliphatic heterocycles. The van der Waals surface area contributed by atoms with E-state index in [4.69, 9.17) is 4.74 Å². The van der Waals surface area contributed by atoms with E-state index in [2.05, 4.69) is 5.32 Å². The lowest BCUT2D eigenvalue weighted by molar-refractivity contribution is 0.0657. The van der Waals surface area contributed by atoms with Crippen molar-refractivity contribution >= 4 is 17.4 Å². The molecule has 4 nitrogen and oxygen atoms in total. The van der Waals surface area contributed by atoms with Crippen LogP contribution in [-0.4, -0.2) is 17.8 Å². The lowest BCUT2D eigenvalue weighted by Gasteiger charge is -2.09. The van der Waals surface area contributed by atoms with Crippen molar-refractivity contribution in [2.75, 3.05) is 5.32 Å². The van der Waals surface area contributed by atoms with Crippen LogP contribution in [0.1, 0.15) is 47.1 Å². The molecule has 0 bridgehead atoms. The Kier molecular flexibility index (Phi) is 5.66. The molecule has 0 aliphatic rings. The molecule has 1 amide bonds. The highest BCUT2D eigenvalue weighted by Crippen LogP contribution is 2.14. The van der Waals surface area contributed by atoms with E-state index in [-0.39, 0.29) is 17.8 Å². The normalized spacial score (nSPS) is 10.6. The zero-order valence-electron chi connectivity index (χ0n) is 13.6. The van der Waals surface area contributed by atoms with E-state index in [1.807, 2.05) is 26.0 Å². The van der Waals surface area contributed by atoms with Crippen molar-refractivity contribution < 1.29 is 14.3 Å². The SMILES string of the molecule is CC(=O)c1cccc(NC(=O)c2ccc(COC(C)C)cc2)c1. The lowest BCUT2D eigenvalue weighted by atomic mass is 10.1. The van der Waals surface area contributed by atoms with Gasteiger partial charge in [-0.1, -0.05) is 24.3 Å². The standard InChI is InChI=1S/C19H21NO3/c1-13(2)23-12-15-7-9-16(10-8-15)19(22)20-18-6-4-5-17(11-18)14(3)21/h4-11,13H,12H2,1-3H3,(H,20,22). The summed E-state index contributed by atoms with van der Waals surface area (Å²) in [5, 5.41) is 2.80. The number of benzene rings is 2.